The van der Waals surface area contributed by atoms with E-state index in [-0.39, 0.29) is 24.0 Å². The first-order valence-corrected chi connectivity index (χ1v) is 6.29. The molecular weight excluding hydrogens is 313 g/mol. The maximum Gasteiger partial charge on any atom is 0.193 e. The van der Waals surface area contributed by atoms with Gasteiger partial charge in [-0.25, -0.2) is 0 Å². The van der Waals surface area contributed by atoms with Gasteiger partial charge in [0.25, 0.3) is 0 Å². The molecule has 0 aromatic carbocycles. The number of likely N-dealkylation sites (tertiary alicyclic amines) is 1. The summed E-state index contributed by atoms with van der Waals surface area (Å²) < 4.78 is 0. The average molecular weight is 337 g/mol. The third kappa shape index (κ3) is 3.25. The van der Waals surface area contributed by atoms with Crippen LogP contribution in [0, 0.1) is 5.92 Å². The molecule has 2 rings (SSSR count). The van der Waals surface area contributed by atoms with E-state index in [9.17, 15) is 0 Å². The lowest BCUT2D eigenvalue weighted by molar-refractivity contribution is 0.434. The highest BCUT2D eigenvalue weighted by Crippen LogP contribution is 2.25. The summed E-state index contributed by atoms with van der Waals surface area (Å²) in [6.07, 6.45) is 6.69. The van der Waals surface area contributed by atoms with E-state index < -0.39 is 0 Å². The average Bonchev–Trinajstić information content (AvgIpc) is 2.86. The monoisotopic (exact) mass is 337 g/mol. The van der Waals surface area contributed by atoms with Gasteiger partial charge in [0, 0.05) is 26.2 Å². The first kappa shape index (κ1) is 14.1. The summed E-state index contributed by atoms with van der Waals surface area (Å²) in [7, 11) is 1.90. The lowest BCUT2D eigenvalue weighted by Crippen LogP contribution is -2.45. The molecule has 2 fully saturated rings. The molecule has 0 aromatic heterocycles. The standard InChI is InChI=1S/C12H23N3.HI/c1-10-6-5-7-11(10)14-12(13-2)15-8-3-4-9-15;/h10-11H,3-9H2,1-2H3,(H,13,14);1H. The zero-order chi connectivity index (χ0) is 10.7. The van der Waals surface area contributed by atoms with Crippen molar-refractivity contribution in [1.29, 1.82) is 0 Å². The zero-order valence-electron chi connectivity index (χ0n) is 10.4. The second kappa shape index (κ2) is 6.67. The molecule has 0 aromatic rings. The molecule has 2 atom stereocenters. The molecule has 1 heterocycles. The van der Waals surface area contributed by atoms with Crippen molar-refractivity contribution in [3.8, 4) is 0 Å². The van der Waals surface area contributed by atoms with Crippen LogP contribution in [-0.4, -0.2) is 37.0 Å². The Labute approximate surface area is 116 Å². The van der Waals surface area contributed by atoms with E-state index in [1.54, 1.807) is 0 Å². The smallest absolute Gasteiger partial charge is 0.193 e. The van der Waals surface area contributed by atoms with Crippen molar-refractivity contribution in [2.75, 3.05) is 20.1 Å². The van der Waals surface area contributed by atoms with Crippen LogP contribution in [0.2, 0.25) is 0 Å². The summed E-state index contributed by atoms with van der Waals surface area (Å²) in [6.45, 7) is 4.71. The lowest BCUT2D eigenvalue weighted by atomic mass is 10.1. The molecule has 4 heteroatoms. The van der Waals surface area contributed by atoms with Gasteiger partial charge in [-0.2, -0.15) is 0 Å². The van der Waals surface area contributed by atoms with E-state index in [1.165, 1.54) is 45.2 Å². The molecule has 94 valence electrons. The molecule has 1 N–H and O–H groups in total. The Balaban J connectivity index is 0.00000128. The predicted molar refractivity (Wildman–Crippen MR) is 79.5 cm³/mol. The highest BCUT2D eigenvalue weighted by atomic mass is 127. The minimum Gasteiger partial charge on any atom is -0.353 e. The molecule has 16 heavy (non-hydrogen) atoms. The van der Waals surface area contributed by atoms with Gasteiger partial charge in [-0.1, -0.05) is 13.3 Å². The van der Waals surface area contributed by atoms with Gasteiger partial charge in [-0.05, 0) is 31.6 Å². The summed E-state index contributed by atoms with van der Waals surface area (Å²) in [5, 5.41) is 3.63. The first-order chi connectivity index (χ1) is 7.31. The van der Waals surface area contributed by atoms with Crippen molar-refractivity contribution in [1.82, 2.24) is 10.2 Å². The fourth-order valence-corrected chi connectivity index (χ4v) is 2.75. The fraction of sp³-hybridized carbons (Fsp3) is 0.917. The quantitative estimate of drug-likeness (QED) is 0.452. The molecule has 1 saturated carbocycles. The van der Waals surface area contributed by atoms with Gasteiger partial charge in [-0.15, -0.1) is 24.0 Å². The number of halogens is 1. The summed E-state index contributed by atoms with van der Waals surface area (Å²) >= 11 is 0. The maximum atomic E-state index is 4.40. The molecule has 0 amide bonds. The van der Waals surface area contributed by atoms with Crippen molar-refractivity contribution in [3.05, 3.63) is 0 Å². The van der Waals surface area contributed by atoms with Crippen LogP contribution < -0.4 is 5.32 Å². The molecule has 1 aliphatic heterocycles. The summed E-state index contributed by atoms with van der Waals surface area (Å²) in [5.74, 6) is 1.94. The largest absolute Gasteiger partial charge is 0.353 e. The van der Waals surface area contributed by atoms with Crippen molar-refractivity contribution >= 4 is 29.9 Å². The van der Waals surface area contributed by atoms with Gasteiger partial charge in [0.2, 0.25) is 0 Å². The molecule has 3 nitrogen and oxygen atoms in total. The Hall–Kier alpha value is 0. The van der Waals surface area contributed by atoms with Crippen LogP contribution in [-0.2, 0) is 0 Å². The fourth-order valence-electron chi connectivity index (χ4n) is 2.75. The van der Waals surface area contributed by atoms with E-state index in [0.717, 1.165) is 11.9 Å². The van der Waals surface area contributed by atoms with Crippen molar-refractivity contribution in [2.45, 2.75) is 45.1 Å². The minimum absolute atomic E-state index is 0. The van der Waals surface area contributed by atoms with E-state index in [4.69, 9.17) is 0 Å². The Kier molecular flexibility index (Phi) is 5.86. The second-order valence-corrected chi connectivity index (χ2v) is 4.90. The Bertz CT molecular complexity index is 236. The molecular formula is C12H24IN3. The normalized spacial score (nSPS) is 30.4. The van der Waals surface area contributed by atoms with Crippen LogP contribution in [0.4, 0.5) is 0 Å². The third-order valence-electron chi connectivity index (χ3n) is 3.79. The van der Waals surface area contributed by atoms with Gasteiger partial charge in [0.05, 0.1) is 0 Å². The highest BCUT2D eigenvalue weighted by Gasteiger charge is 2.26. The van der Waals surface area contributed by atoms with Crippen LogP contribution >= 0.6 is 24.0 Å². The summed E-state index contributed by atoms with van der Waals surface area (Å²) in [5.41, 5.74) is 0. The van der Waals surface area contributed by atoms with Crippen molar-refractivity contribution in [3.63, 3.8) is 0 Å². The van der Waals surface area contributed by atoms with Crippen molar-refractivity contribution < 1.29 is 0 Å². The number of nitrogens with zero attached hydrogens (tertiary/aromatic N) is 2. The number of nitrogens with one attached hydrogen (secondary N) is 1. The molecule has 0 radical (unpaired) electrons. The van der Waals surface area contributed by atoms with Gasteiger partial charge in [0.15, 0.2) is 5.96 Å². The van der Waals surface area contributed by atoms with Gasteiger partial charge < -0.3 is 10.2 Å². The van der Waals surface area contributed by atoms with E-state index in [2.05, 4.69) is 22.1 Å². The third-order valence-corrected chi connectivity index (χ3v) is 3.79. The molecule has 1 saturated heterocycles. The van der Waals surface area contributed by atoms with Crippen LogP contribution in [0.3, 0.4) is 0 Å². The number of hydrogen-bond donors (Lipinski definition) is 1. The van der Waals surface area contributed by atoms with Crippen LogP contribution in [0.1, 0.15) is 39.0 Å². The van der Waals surface area contributed by atoms with Crippen molar-refractivity contribution in [2.24, 2.45) is 10.9 Å². The van der Waals surface area contributed by atoms with Gasteiger partial charge in [-0.3, -0.25) is 4.99 Å². The Morgan fingerprint density at radius 3 is 2.38 bits per heavy atom. The molecule has 1 aliphatic carbocycles. The minimum atomic E-state index is 0. The Morgan fingerprint density at radius 2 is 1.88 bits per heavy atom. The highest BCUT2D eigenvalue weighted by molar-refractivity contribution is 14.0. The van der Waals surface area contributed by atoms with Gasteiger partial charge >= 0.3 is 0 Å². The maximum absolute atomic E-state index is 4.40. The number of hydrogen-bond acceptors (Lipinski definition) is 1. The number of rotatable bonds is 1. The topological polar surface area (TPSA) is 27.6 Å². The molecule has 2 unspecified atom stereocenters. The van der Waals surface area contributed by atoms with E-state index in [0.29, 0.717) is 6.04 Å². The zero-order valence-corrected chi connectivity index (χ0v) is 12.7. The first-order valence-electron chi connectivity index (χ1n) is 6.29. The molecule has 2 aliphatic rings. The van der Waals surface area contributed by atoms with Gasteiger partial charge in [0.1, 0.15) is 0 Å². The molecule has 0 spiro atoms. The van der Waals surface area contributed by atoms with E-state index in [1.807, 2.05) is 7.05 Å². The van der Waals surface area contributed by atoms with Crippen LogP contribution in [0.5, 0.6) is 0 Å². The Morgan fingerprint density at radius 1 is 1.19 bits per heavy atom. The van der Waals surface area contributed by atoms with Crippen LogP contribution in [0.25, 0.3) is 0 Å². The lowest BCUT2D eigenvalue weighted by Gasteiger charge is -2.26. The SMILES string of the molecule is CN=C(NC1CCCC1C)N1CCCC1.I. The molecule has 0 bridgehead atoms. The number of aliphatic imine (C=N–C) groups is 1. The predicted octanol–water partition coefficient (Wildman–Crippen LogP) is 2.46. The summed E-state index contributed by atoms with van der Waals surface area (Å²) in [6, 6.07) is 0.657. The second-order valence-electron chi connectivity index (χ2n) is 4.90. The van der Waals surface area contributed by atoms with Crippen LogP contribution in [0.15, 0.2) is 4.99 Å². The number of guanidine groups is 1. The van der Waals surface area contributed by atoms with E-state index >= 15 is 0 Å². The summed E-state index contributed by atoms with van der Waals surface area (Å²) in [4.78, 5) is 6.79.